The summed E-state index contributed by atoms with van der Waals surface area (Å²) in [6.07, 6.45) is 1.81. The highest BCUT2D eigenvalue weighted by Crippen LogP contribution is 2.27. The van der Waals surface area contributed by atoms with Gasteiger partial charge in [0, 0.05) is 10.7 Å². The maximum Gasteiger partial charge on any atom is 0.184 e. The Balaban J connectivity index is 2.39. The zero-order valence-electron chi connectivity index (χ0n) is 9.95. The molecule has 0 aliphatic carbocycles. The molecular weight excluding hydrogens is 346 g/mol. The number of halogens is 2. The van der Waals surface area contributed by atoms with E-state index >= 15 is 0 Å². The first-order chi connectivity index (χ1) is 9.06. The number of aromatic nitrogens is 3. The van der Waals surface area contributed by atoms with Crippen molar-refractivity contribution in [2.75, 3.05) is 0 Å². The number of imidazole rings is 1. The summed E-state index contributed by atoms with van der Waals surface area (Å²) in [5.41, 5.74) is 3.57. The Kier molecular flexibility index (Phi) is 3.20. The summed E-state index contributed by atoms with van der Waals surface area (Å²) in [6.45, 7) is 1.99. The highest BCUT2D eigenvalue weighted by molar-refractivity contribution is 9.10. The molecule has 0 radical (unpaired) electrons. The van der Waals surface area contributed by atoms with Gasteiger partial charge in [-0.15, -0.1) is 0 Å². The molecule has 0 atom stereocenters. The number of aryl methyl sites for hydroxylation is 1. The standard InChI is InChI=1S/C13H9BrClN3S/c1-7-4-10-12(16-6-7)18(13(19)17-10)11-5-8(14)2-3-9(11)15/h2-6H,1H3,(H,17,19). The van der Waals surface area contributed by atoms with Crippen molar-refractivity contribution >= 4 is 50.9 Å². The van der Waals surface area contributed by atoms with E-state index in [-0.39, 0.29) is 0 Å². The second-order valence-corrected chi connectivity index (χ2v) is 5.95. The second-order valence-electron chi connectivity index (χ2n) is 4.25. The minimum absolute atomic E-state index is 0.577. The first kappa shape index (κ1) is 12.8. The van der Waals surface area contributed by atoms with E-state index in [9.17, 15) is 0 Å². The van der Waals surface area contributed by atoms with Gasteiger partial charge >= 0.3 is 0 Å². The van der Waals surface area contributed by atoms with Crippen molar-refractivity contribution < 1.29 is 0 Å². The minimum atomic E-state index is 0.577. The zero-order chi connectivity index (χ0) is 13.6. The SMILES string of the molecule is Cc1cnc2c(c1)[nH]c(=S)n2-c1cc(Br)ccc1Cl. The molecule has 0 aliphatic rings. The van der Waals surface area contributed by atoms with Crippen LogP contribution in [0, 0.1) is 11.7 Å². The molecule has 2 aromatic heterocycles. The van der Waals surface area contributed by atoms with Gasteiger partial charge in [-0.2, -0.15) is 0 Å². The van der Waals surface area contributed by atoms with Crippen LogP contribution in [0.25, 0.3) is 16.9 Å². The molecule has 2 heterocycles. The molecule has 3 aromatic rings. The lowest BCUT2D eigenvalue weighted by Gasteiger charge is -2.07. The zero-order valence-corrected chi connectivity index (χ0v) is 13.1. The highest BCUT2D eigenvalue weighted by atomic mass is 79.9. The van der Waals surface area contributed by atoms with Crippen LogP contribution in [0.3, 0.4) is 0 Å². The van der Waals surface area contributed by atoms with Gasteiger partial charge in [0.25, 0.3) is 0 Å². The fourth-order valence-corrected chi connectivity index (χ4v) is 2.83. The van der Waals surface area contributed by atoms with Crippen LogP contribution in [0.15, 0.2) is 34.9 Å². The highest BCUT2D eigenvalue weighted by Gasteiger charge is 2.11. The number of benzene rings is 1. The number of rotatable bonds is 1. The number of hydrogen-bond donors (Lipinski definition) is 1. The molecule has 3 nitrogen and oxygen atoms in total. The lowest BCUT2D eigenvalue weighted by Crippen LogP contribution is -1.96. The van der Waals surface area contributed by atoms with Crippen LogP contribution in [0.2, 0.25) is 5.02 Å². The predicted molar refractivity (Wildman–Crippen MR) is 83.7 cm³/mol. The van der Waals surface area contributed by atoms with Crippen LogP contribution in [0.4, 0.5) is 0 Å². The summed E-state index contributed by atoms with van der Waals surface area (Å²) in [6, 6.07) is 7.66. The van der Waals surface area contributed by atoms with Crippen molar-refractivity contribution in [3.8, 4) is 5.69 Å². The molecule has 0 bridgehead atoms. The average molecular weight is 355 g/mol. The van der Waals surface area contributed by atoms with Gasteiger partial charge in [-0.3, -0.25) is 4.57 Å². The van der Waals surface area contributed by atoms with Gasteiger partial charge in [-0.25, -0.2) is 4.98 Å². The fraction of sp³-hybridized carbons (Fsp3) is 0.0769. The summed E-state index contributed by atoms with van der Waals surface area (Å²) in [4.78, 5) is 7.59. The van der Waals surface area contributed by atoms with Gasteiger partial charge in [0.2, 0.25) is 0 Å². The van der Waals surface area contributed by atoms with Crippen molar-refractivity contribution in [3.63, 3.8) is 0 Å². The molecule has 19 heavy (non-hydrogen) atoms. The van der Waals surface area contributed by atoms with Gasteiger partial charge in [-0.1, -0.05) is 27.5 Å². The molecule has 0 saturated carbocycles. The molecule has 0 spiro atoms. The van der Waals surface area contributed by atoms with E-state index in [2.05, 4.69) is 25.9 Å². The van der Waals surface area contributed by atoms with Crippen LogP contribution < -0.4 is 0 Å². The normalized spacial score (nSPS) is 11.1. The second kappa shape index (κ2) is 4.74. The maximum atomic E-state index is 6.26. The fourth-order valence-electron chi connectivity index (χ4n) is 1.98. The van der Waals surface area contributed by atoms with Gasteiger partial charge in [0.05, 0.1) is 16.2 Å². The Hall–Kier alpha value is -1.17. The van der Waals surface area contributed by atoms with Crippen LogP contribution in [-0.4, -0.2) is 14.5 Å². The van der Waals surface area contributed by atoms with E-state index in [0.717, 1.165) is 26.9 Å². The largest absolute Gasteiger partial charge is 0.329 e. The summed E-state index contributed by atoms with van der Waals surface area (Å²) >= 11 is 15.1. The number of hydrogen-bond acceptors (Lipinski definition) is 2. The Morgan fingerprint density at radius 3 is 2.95 bits per heavy atom. The first-order valence-corrected chi connectivity index (χ1v) is 7.17. The quantitative estimate of drug-likeness (QED) is 0.636. The number of nitrogens with one attached hydrogen (secondary N) is 1. The monoisotopic (exact) mass is 353 g/mol. The first-order valence-electron chi connectivity index (χ1n) is 5.59. The lowest BCUT2D eigenvalue weighted by atomic mass is 10.3. The van der Waals surface area contributed by atoms with E-state index in [4.69, 9.17) is 23.8 Å². The molecule has 1 N–H and O–H groups in total. The van der Waals surface area contributed by atoms with Crippen LogP contribution >= 0.6 is 39.7 Å². The molecule has 0 aliphatic heterocycles. The Morgan fingerprint density at radius 1 is 1.37 bits per heavy atom. The topological polar surface area (TPSA) is 33.6 Å². The number of fused-ring (bicyclic) bond motifs is 1. The number of pyridine rings is 1. The molecule has 0 unspecified atom stereocenters. The lowest BCUT2D eigenvalue weighted by molar-refractivity contribution is 1.04. The van der Waals surface area contributed by atoms with Gasteiger partial charge in [-0.05, 0) is 49.0 Å². The van der Waals surface area contributed by atoms with E-state index in [1.165, 1.54) is 0 Å². The van der Waals surface area contributed by atoms with E-state index in [1.807, 2.05) is 42.0 Å². The molecule has 96 valence electrons. The maximum absolute atomic E-state index is 6.26. The summed E-state index contributed by atoms with van der Waals surface area (Å²) < 4.78 is 3.36. The van der Waals surface area contributed by atoms with Gasteiger partial charge in [0.1, 0.15) is 0 Å². The van der Waals surface area contributed by atoms with Crippen molar-refractivity contribution in [3.05, 3.63) is 50.3 Å². The van der Waals surface area contributed by atoms with Crippen LogP contribution in [-0.2, 0) is 0 Å². The van der Waals surface area contributed by atoms with Crippen LogP contribution in [0.1, 0.15) is 5.56 Å². The Bertz CT molecular complexity index is 838. The van der Waals surface area contributed by atoms with Gasteiger partial charge in [0.15, 0.2) is 10.4 Å². The third kappa shape index (κ3) is 2.22. The van der Waals surface area contributed by atoms with Crippen molar-refractivity contribution in [2.24, 2.45) is 0 Å². The van der Waals surface area contributed by atoms with E-state index in [0.29, 0.717) is 9.79 Å². The molecular formula is C13H9BrClN3S. The smallest absolute Gasteiger partial charge is 0.184 e. The number of nitrogens with zero attached hydrogens (tertiary/aromatic N) is 2. The van der Waals surface area contributed by atoms with Crippen molar-refractivity contribution in [1.29, 1.82) is 0 Å². The molecule has 3 rings (SSSR count). The van der Waals surface area contributed by atoms with Crippen molar-refractivity contribution in [1.82, 2.24) is 14.5 Å². The molecule has 1 aromatic carbocycles. The Labute approximate surface area is 128 Å². The summed E-state index contributed by atoms with van der Waals surface area (Å²) in [7, 11) is 0. The van der Waals surface area contributed by atoms with Gasteiger partial charge < -0.3 is 4.98 Å². The molecule has 0 saturated heterocycles. The summed E-state index contributed by atoms with van der Waals surface area (Å²) in [5, 5.41) is 0.627. The Morgan fingerprint density at radius 2 is 2.16 bits per heavy atom. The third-order valence-electron chi connectivity index (χ3n) is 2.81. The number of aromatic amines is 1. The molecule has 6 heteroatoms. The van der Waals surface area contributed by atoms with E-state index in [1.54, 1.807) is 0 Å². The summed E-state index contributed by atoms with van der Waals surface area (Å²) in [5.74, 6) is 0. The molecule has 0 fully saturated rings. The minimum Gasteiger partial charge on any atom is -0.329 e. The third-order valence-corrected chi connectivity index (χ3v) is 3.91. The average Bonchev–Trinajstić information content (AvgIpc) is 2.67. The molecule has 0 amide bonds. The van der Waals surface area contributed by atoms with Crippen molar-refractivity contribution in [2.45, 2.75) is 6.92 Å². The predicted octanol–water partition coefficient (Wildman–Crippen LogP) is 4.81. The van der Waals surface area contributed by atoms with Crippen LogP contribution in [0.5, 0.6) is 0 Å². The van der Waals surface area contributed by atoms with E-state index < -0.39 is 0 Å². The number of H-pyrrole nitrogens is 1.